The molecular formula is C19H21N5O. The van der Waals surface area contributed by atoms with E-state index in [1.807, 2.05) is 37.4 Å². The van der Waals surface area contributed by atoms with Gasteiger partial charge in [0.15, 0.2) is 5.82 Å². The summed E-state index contributed by atoms with van der Waals surface area (Å²) in [6, 6.07) is 12.3. The first-order valence-electron chi connectivity index (χ1n) is 8.69. The lowest BCUT2D eigenvalue weighted by Crippen LogP contribution is -2.35. The standard InChI is InChI=1S/C19H21N5O/c1-14-21-19(25-23-14)16-8-5-11-24(13-16)18-9-10-20-17(22-18)12-15-6-3-2-4-7-15/h2-4,6-7,9-10,16H,5,8,11-13H2,1H3. The van der Waals surface area contributed by atoms with Crippen molar-refractivity contribution >= 4 is 5.82 Å². The molecule has 1 atom stereocenters. The number of piperidine rings is 1. The van der Waals surface area contributed by atoms with Gasteiger partial charge in [0.05, 0.1) is 5.92 Å². The predicted octanol–water partition coefficient (Wildman–Crippen LogP) is 3.14. The normalized spacial score (nSPS) is 17.6. The molecule has 3 heterocycles. The number of benzene rings is 1. The van der Waals surface area contributed by atoms with Crippen LogP contribution in [0.1, 0.15) is 41.9 Å². The van der Waals surface area contributed by atoms with E-state index in [4.69, 9.17) is 9.51 Å². The van der Waals surface area contributed by atoms with E-state index in [1.54, 1.807) is 0 Å². The van der Waals surface area contributed by atoms with E-state index in [0.29, 0.717) is 5.82 Å². The smallest absolute Gasteiger partial charge is 0.231 e. The van der Waals surface area contributed by atoms with Crippen molar-refractivity contribution in [3.05, 3.63) is 65.7 Å². The number of anilines is 1. The first-order valence-corrected chi connectivity index (χ1v) is 8.69. The number of nitrogens with zero attached hydrogens (tertiary/aromatic N) is 5. The fourth-order valence-corrected chi connectivity index (χ4v) is 3.29. The first-order chi connectivity index (χ1) is 12.3. The Labute approximate surface area is 146 Å². The van der Waals surface area contributed by atoms with Crippen molar-refractivity contribution in [2.75, 3.05) is 18.0 Å². The second-order valence-corrected chi connectivity index (χ2v) is 6.46. The third-order valence-electron chi connectivity index (χ3n) is 4.53. The van der Waals surface area contributed by atoms with Crippen LogP contribution >= 0.6 is 0 Å². The molecule has 4 rings (SSSR count). The average Bonchev–Trinajstić information content (AvgIpc) is 3.09. The zero-order valence-corrected chi connectivity index (χ0v) is 14.3. The molecule has 6 heteroatoms. The summed E-state index contributed by atoms with van der Waals surface area (Å²) < 4.78 is 5.37. The maximum Gasteiger partial charge on any atom is 0.231 e. The number of aryl methyl sites for hydroxylation is 1. The van der Waals surface area contributed by atoms with Gasteiger partial charge in [-0.15, -0.1) is 0 Å². The topological polar surface area (TPSA) is 67.9 Å². The second kappa shape index (κ2) is 7.01. The van der Waals surface area contributed by atoms with Gasteiger partial charge in [-0.2, -0.15) is 4.98 Å². The van der Waals surface area contributed by atoms with Gasteiger partial charge in [0, 0.05) is 25.7 Å². The van der Waals surface area contributed by atoms with Gasteiger partial charge in [-0.25, -0.2) is 9.97 Å². The zero-order chi connectivity index (χ0) is 17.1. The van der Waals surface area contributed by atoms with Crippen LogP contribution in [0.5, 0.6) is 0 Å². The van der Waals surface area contributed by atoms with Gasteiger partial charge in [0.2, 0.25) is 5.89 Å². The first kappa shape index (κ1) is 15.7. The van der Waals surface area contributed by atoms with Crippen LogP contribution < -0.4 is 4.90 Å². The summed E-state index contributed by atoms with van der Waals surface area (Å²) in [5.74, 6) is 3.52. The number of hydrogen-bond donors (Lipinski definition) is 0. The molecule has 6 nitrogen and oxygen atoms in total. The Morgan fingerprint density at radius 1 is 1.16 bits per heavy atom. The number of rotatable bonds is 4. The molecule has 1 aromatic carbocycles. The van der Waals surface area contributed by atoms with E-state index < -0.39 is 0 Å². The molecule has 0 amide bonds. The van der Waals surface area contributed by atoms with E-state index in [-0.39, 0.29) is 5.92 Å². The maximum atomic E-state index is 5.37. The lowest BCUT2D eigenvalue weighted by molar-refractivity contribution is 0.331. The summed E-state index contributed by atoms with van der Waals surface area (Å²) in [4.78, 5) is 15.9. The van der Waals surface area contributed by atoms with Crippen LogP contribution in [0.3, 0.4) is 0 Å². The maximum absolute atomic E-state index is 5.37. The van der Waals surface area contributed by atoms with Crippen LogP contribution in [0.2, 0.25) is 0 Å². The van der Waals surface area contributed by atoms with Crippen molar-refractivity contribution < 1.29 is 4.52 Å². The lowest BCUT2D eigenvalue weighted by atomic mass is 9.98. The summed E-state index contributed by atoms with van der Waals surface area (Å²) in [6.45, 7) is 3.70. The molecule has 3 aromatic rings. The van der Waals surface area contributed by atoms with Crippen LogP contribution in [0.4, 0.5) is 5.82 Å². The van der Waals surface area contributed by atoms with Crippen molar-refractivity contribution in [3.63, 3.8) is 0 Å². The third kappa shape index (κ3) is 3.68. The molecule has 0 bridgehead atoms. The molecule has 1 unspecified atom stereocenters. The Morgan fingerprint density at radius 2 is 2.04 bits per heavy atom. The third-order valence-corrected chi connectivity index (χ3v) is 4.53. The van der Waals surface area contributed by atoms with Crippen molar-refractivity contribution in [1.29, 1.82) is 0 Å². The minimum Gasteiger partial charge on any atom is -0.356 e. The van der Waals surface area contributed by atoms with Gasteiger partial charge in [-0.3, -0.25) is 0 Å². The van der Waals surface area contributed by atoms with E-state index in [1.165, 1.54) is 5.56 Å². The fraction of sp³-hybridized carbons (Fsp3) is 0.368. The molecule has 1 aliphatic rings. The minimum absolute atomic E-state index is 0.266. The van der Waals surface area contributed by atoms with Crippen LogP contribution in [-0.4, -0.2) is 33.2 Å². The van der Waals surface area contributed by atoms with Crippen molar-refractivity contribution in [2.45, 2.75) is 32.1 Å². The predicted molar refractivity (Wildman–Crippen MR) is 94.5 cm³/mol. The SMILES string of the molecule is Cc1noc(C2CCCN(c3ccnc(Cc4ccccc4)n3)C2)n1. The highest BCUT2D eigenvalue weighted by Crippen LogP contribution is 2.28. The molecule has 128 valence electrons. The molecule has 2 aromatic heterocycles. The van der Waals surface area contributed by atoms with E-state index >= 15 is 0 Å². The zero-order valence-electron chi connectivity index (χ0n) is 14.3. The van der Waals surface area contributed by atoms with Gasteiger partial charge in [-0.05, 0) is 31.4 Å². The molecule has 1 aliphatic heterocycles. The summed E-state index contributed by atoms with van der Waals surface area (Å²) in [5, 5.41) is 3.92. The molecule has 0 saturated carbocycles. The molecule has 0 radical (unpaired) electrons. The van der Waals surface area contributed by atoms with Crippen molar-refractivity contribution in [3.8, 4) is 0 Å². The Morgan fingerprint density at radius 3 is 2.84 bits per heavy atom. The Balaban J connectivity index is 1.50. The van der Waals surface area contributed by atoms with Gasteiger partial charge < -0.3 is 9.42 Å². The Bertz CT molecular complexity index is 833. The lowest BCUT2D eigenvalue weighted by Gasteiger charge is -2.32. The van der Waals surface area contributed by atoms with Crippen molar-refractivity contribution in [1.82, 2.24) is 20.1 Å². The summed E-state index contributed by atoms with van der Waals surface area (Å²) in [7, 11) is 0. The highest BCUT2D eigenvalue weighted by Gasteiger charge is 2.26. The largest absolute Gasteiger partial charge is 0.356 e. The monoisotopic (exact) mass is 335 g/mol. The van der Waals surface area contributed by atoms with Gasteiger partial charge in [0.1, 0.15) is 11.6 Å². The van der Waals surface area contributed by atoms with Crippen LogP contribution in [0.25, 0.3) is 0 Å². The van der Waals surface area contributed by atoms with E-state index in [0.717, 1.165) is 49.9 Å². The number of hydrogen-bond acceptors (Lipinski definition) is 6. The second-order valence-electron chi connectivity index (χ2n) is 6.46. The summed E-state index contributed by atoms with van der Waals surface area (Å²) in [6.07, 6.45) is 4.75. The van der Waals surface area contributed by atoms with Crippen LogP contribution in [0.15, 0.2) is 47.1 Å². The fourth-order valence-electron chi connectivity index (χ4n) is 3.29. The average molecular weight is 335 g/mol. The summed E-state index contributed by atoms with van der Waals surface area (Å²) in [5.41, 5.74) is 1.22. The minimum atomic E-state index is 0.266. The molecular weight excluding hydrogens is 314 g/mol. The Hall–Kier alpha value is -2.76. The van der Waals surface area contributed by atoms with Gasteiger partial charge >= 0.3 is 0 Å². The molecule has 1 saturated heterocycles. The molecule has 1 fully saturated rings. The van der Waals surface area contributed by atoms with E-state index in [9.17, 15) is 0 Å². The van der Waals surface area contributed by atoms with Crippen LogP contribution in [-0.2, 0) is 6.42 Å². The molecule has 0 aliphatic carbocycles. The van der Waals surface area contributed by atoms with E-state index in [2.05, 4.69) is 32.2 Å². The van der Waals surface area contributed by atoms with Gasteiger partial charge in [0.25, 0.3) is 0 Å². The van der Waals surface area contributed by atoms with Gasteiger partial charge in [-0.1, -0.05) is 35.5 Å². The summed E-state index contributed by atoms with van der Waals surface area (Å²) >= 11 is 0. The van der Waals surface area contributed by atoms with Crippen LogP contribution in [0, 0.1) is 6.92 Å². The Kier molecular flexibility index (Phi) is 4.41. The van der Waals surface area contributed by atoms with Crippen molar-refractivity contribution in [2.24, 2.45) is 0 Å². The highest BCUT2D eigenvalue weighted by atomic mass is 16.5. The highest BCUT2D eigenvalue weighted by molar-refractivity contribution is 5.39. The molecule has 0 spiro atoms. The number of aromatic nitrogens is 4. The molecule has 0 N–H and O–H groups in total. The quantitative estimate of drug-likeness (QED) is 0.729. The molecule has 25 heavy (non-hydrogen) atoms.